The lowest BCUT2D eigenvalue weighted by molar-refractivity contribution is -0.130. The first-order valence-electron chi connectivity index (χ1n) is 4.95. The summed E-state index contributed by atoms with van der Waals surface area (Å²) in [5.74, 6) is 3.32. The summed E-state index contributed by atoms with van der Waals surface area (Å²) >= 11 is 0. The lowest BCUT2D eigenvalue weighted by Gasteiger charge is -2.32. The van der Waals surface area contributed by atoms with Crippen molar-refractivity contribution in [3.63, 3.8) is 0 Å². The number of Topliss-reactive ketones (excluding diaryl/α,β-unsaturated/α-hetero) is 1. The van der Waals surface area contributed by atoms with Crippen molar-refractivity contribution < 1.29 is 4.79 Å². The van der Waals surface area contributed by atoms with E-state index in [-0.39, 0.29) is 16.7 Å². The van der Waals surface area contributed by atoms with E-state index in [1.54, 1.807) is 0 Å². The quantitative estimate of drug-likeness (QED) is 0.517. The van der Waals surface area contributed by atoms with Gasteiger partial charge in [0.25, 0.3) is 0 Å². The zero-order valence-corrected chi connectivity index (χ0v) is 8.55. The van der Waals surface area contributed by atoms with Crippen LogP contribution in [0.1, 0.15) is 33.6 Å². The van der Waals surface area contributed by atoms with Gasteiger partial charge in [-0.15, -0.1) is 6.42 Å². The van der Waals surface area contributed by atoms with Gasteiger partial charge in [0.1, 0.15) is 0 Å². The number of carbonyl (C=O) groups excluding carboxylic acids is 1. The minimum atomic E-state index is -0.144. The van der Waals surface area contributed by atoms with Gasteiger partial charge in [0.05, 0.1) is 5.92 Å². The van der Waals surface area contributed by atoms with E-state index < -0.39 is 0 Å². The molecule has 0 aliphatic heterocycles. The molecule has 0 heterocycles. The van der Waals surface area contributed by atoms with Crippen molar-refractivity contribution in [1.29, 1.82) is 0 Å². The lowest BCUT2D eigenvalue weighted by Crippen LogP contribution is -2.33. The molecule has 2 rings (SSSR count). The van der Waals surface area contributed by atoms with E-state index >= 15 is 0 Å². The van der Waals surface area contributed by atoms with Crippen LogP contribution in [0.2, 0.25) is 0 Å². The molecular weight excluding hydrogens is 160 g/mol. The normalized spacial score (nSPS) is 46.5. The van der Waals surface area contributed by atoms with Crippen molar-refractivity contribution in [3.05, 3.63) is 0 Å². The van der Waals surface area contributed by atoms with E-state index in [1.807, 2.05) is 0 Å². The van der Waals surface area contributed by atoms with Gasteiger partial charge in [0, 0.05) is 5.41 Å². The van der Waals surface area contributed by atoms with Gasteiger partial charge in [-0.3, -0.25) is 4.79 Å². The highest BCUT2D eigenvalue weighted by molar-refractivity contribution is 5.93. The Morgan fingerprint density at radius 3 is 2.38 bits per heavy atom. The van der Waals surface area contributed by atoms with Crippen LogP contribution < -0.4 is 0 Å². The Hall–Kier alpha value is -0.770. The number of hydrogen-bond acceptors (Lipinski definition) is 1. The highest BCUT2D eigenvalue weighted by atomic mass is 16.1. The molecule has 0 N–H and O–H groups in total. The Balaban J connectivity index is 2.52. The molecule has 2 bridgehead atoms. The number of rotatable bonds is 0. The van der Waals surface area contributed by atoms with Crippen LogP contribution in [0, 0.1) is 35.0 Å². The number of terminal acetylenes is 1. The second-order valence-electron chi connectivity index (χ2n) is 5.21. The highest BCUT2D eigenvalue weighted by Crippen LogP contribution is 2.65. The van der Waals surface area contributed by atoms with E-state index in [4.69, 9.17) is 6.42 Å². The average Bonchev–Trinajstić information content (AvgIpc) is 2.36. The van der Waals surface area contributed by atoms with E-state index in [9.17, 15) is 4.79 Å². The van der Waals surface area contributed by atoms with Crippen molar-refractivity contribution in [2.75, 3.05) is 0 Å². The Bertz CT molecular complexity index is 308. The van der Waals surface area contributed by atoms with Crippen LogP contribution in [-0.2, 0) is 4.79 Å². The first-order chi connectivity index (χ1) is 5.95. The summed E-state index contributed by atoms with van der Waals surface area (Å²) in [7, 11) is 0. The van der Waals surface area contributed by atoms with Gasteiger partial charge >= 0.3 is 0 Å². The van der Waals surface area contributed by atoms with E-state index in [1.165, 1.54) is 0 Å². The van der Waals surface area contributed by atoms with E-state index in [0.29, 0.717) is 11.7 Å². The molecule has 1 heteroatoms. The maximum absolute atomic E-state index is 12.0. The second-order valence-corrected chi connectivity index (χ2v) is 5.21. The molecule has 3 unspecified atom stereocenters. The van der Waals surface area contributed by atoms with Crippen molar-refractivity contribution in [2.24, 2.45) is 22.7 Å². The fourth-order valence-corrected chi connectivity index (χ4v) is 3.28. The molecule has 0 aromatic heterocycles. The number of hydrogen-bond donors (Lipinski definition) is 0. The largest absolute Gasteiger partial charge is 0.298 e. The number of carbonyl (C=O) groups is 1. The molecular formula is C12H16O. The summed E-state index contributed by atoms with van der Waals surface area (Å²) in [6, 6.07) is 0. The highest BCUT2D eigenvalue weighted by Gasteiger charge is 2.65. The minimum Gasteiger partial charge on any atom is -0.298 e. The molecule has 2 aliphatic carbocycles. The minimum absolute atomic E-state index is 0.103. The molecule has 0 saturated heterocycles. The van der Waals surface area contributed by atoms with Gasteiger partial charge in [-0.05, 0) is 24.2 Å². The van der Waals surface area contributed by atoms with Gasteiger partial charge < -0.3 is 0 Å². The van der Waals surface area contributed by atoms with Crippen LogP contribution in [0.4, 0.5) is 0 Å². The third-order valence-electron chi connectivity index (χ3n) is 4.71. The number of ketones is 1. The molecule has 1 nitrogen and oxygen atoms in total. The van der Waals surface area contributed by atoms with Crippen LogP contribution in [0.25, 0.3) is 0 Å². The summed E-state index contributed by atoms with van der Waals surface area (Å²) in [5.41, 5.74) is -0.0319. The molecule has 2 fully saturated rings. The van der Waals surface area contributed by atoms with Crippen molar-refractivity contribution in [2.45, 2.75) is 33.6 Å². The van der Waals surface area contributed by atoms with Crippen LogP contribution in [0.5, 0.6) is 0 Å². The maximum Gasteiger partial charge on any atom is 0.154 e. The summed E-state index contributed by atoms with van der Waals surface area (Å²) in [4.78, 5) is 12.0. The molecule has 0 aromatic rings. The smallest absolute Gasteiger partial charge is 0.154 e. The Morgan fingerprint density at radius 1 is 1.46 bits per heavy atom. The van der Waals surface area contributed by atoms with Crippen LogP contribution in [-0.4, -0.2) is 5.78 Å². The molecule has 13 heavy (non-hydrogen) atoms. The first kappa shape index (κ1) is 8.81. The molecule has 0 aromatic carbocycles. The molecule has 70 valence electrons. The molecule has 0 radical (unpaired) electrons. The monoisotopic (exact) mass is 176 g/mol. The summed E-state index contributed by atoms with van der Waals surface area (Å²) in [6.45, 7) is 6.48. The van der Waals surface area contributed by atoms with Gasteiger partial charge in [0.2, 0.25) is 0 Å². The zero-order chi connectivity index (χ0) is 9.85. The fraction of sp³-hybridized carbons (Fsp3) is 0.750. The standard InChI is InChI=1S/C12H16O/c1-5-8-9-6-7-12(4,10(8)13)11(9,2)3/h1,8-9H,6-7H2,2-4H3. The van der Waals surface area contributed by atoms with Gasteiger partial charge in [-0.1, -0.05) is 26.7 Å². The summed E-state index contributed by atoms with van der Waals surface area (Å²) in [6.07, 6.45) is 7.58. The SMILES string of the molecule is C#CC1C(=O)C2(C)CCC1C2(C)C. The van der Waals surface area contributed by atoms with Crippen molar-refractivity contribution in [1.82, 2.24) is 0 Å². The second kappa shape index (κ2) is 2.18. The molecule has 2 aliphatic rings. The zero-order valence-electron chi connectivity index (χ0n) is 8.55. The summed E-state index contributed by atoms with van der Waals surface area (Å²) < 4.78 is 0. The third-order valence-corrected chi connectivity index (χ3v) is 4.71. The lowest BCUT2D eigenvalue weighted by atomic mass is 9.70. The first-order valence-corrected chi connectivity index (χ1v) is 4.95. The Morgan fingerprint density at radius 2 is 2.08 bits per heavy atom. The van der Waals surface area contributed by atoms with E-state index in [2.05, 4.69) is 26.7 Å². The maximum atomic E-state index is 12.0. The van der Waals surface area contributed by atoms with Crippen molar-refractivity contribution in [3.8, 4) is 12.3 Å². The van der Waals surface area contributed by atoms with Crippen LogP contribution in [0.3, 0.4) is 0 Å². The molecule has 2 saturated carbocycles. The van der Waals surface area contributed by atoms with Gasteiger partial charge in [0.15, 0.2) is 5.78 Å². The Kier molecular flexibility index (Phi) is 1.48. The predicted octanol–water partition coefficient (Wildman–Crippen LogP) is 2.26. The predicted molar refractivity (Wildman–Crippen MR) is 51.9 cm³/mol. The fourth-order valence-electron chi connectivity index (χ4n) is 3.28. The third kappa shape index (κ3) is 0.729. The average molecular weight is 176 g/mol. The van der Waals surface area contributed by atoms with E-state index in [0.717, 1.165) is 12.8 Å². The molecule has 0 spiro atoms. The van der Waals surface area contributed by atoms with Crippen LogP contribution >= 0.6 is 0 Å². The van der Waals surface area contributed by atoms with Gasteiger partial charge in [-0.2, -0.15) is 0 Å². The molecule has 0 amide bonds. The van der Waals surface area contributed by atoms with Gasteiger partial charge in [-0.25, -0.2) is 0 Å². The topological polar surface area (TPSA) is 17.1 Å². The van der Waals surface area contributed by atoms with Crippen molar-refractivity contribution >= 4 is 5.78 Å². The molecule has 3 atom stereocenters. The Labute approximate surface area is 79.9 Å². The number of fused-ring (bicyclic) bond motifs is 2. The summed E-state index contributed by atoms with van der Waals surface area (Å²) in [5, 5.41) is 0. The van der Waals surface area contributed by atoms with Crippen LogP contribution in [0.15, 0.2) is 0 Å².